The number of hydrogen-bond acceptors (Lipinski definition) is 2. The van der Waals surface area contributed by atoms with Gasteiger partial charge in [0.25, 0.3) is 0 Å². The lowest BCUT2D eigenvalue weighted by Crippen LogP contribution is -1.97. The molecule has 0 aliphatic rings. The summed E-state index contributed by atoms with van der Waals surface area (Å²) in [5.74, 6) is 0.976. The number of rotatable bonds is 8. The number of hydrogen-bond donors (Lipinski definition) is 0. The molecule has 0 saturated carbocycles. The highest BCUT2D eigenvalue weighted by molar-refractivity contribution is 5.27. The Morgan fingerprint density at radius 1 is 1.00 bits per heavy atom. The zero-order valence-electron chi connectivity index (χ0n) is 10.4. The Morgan fingerprint density at radius 2 is 1.75 bits per heavy atom. The smallest absolute Gasteiger partial charge is 0.119 e. The molecule has 0 aromatic heterocycles. The van der Waals surface area contributed by atoms with Gasteiger partial charge in [0, 0.05) is 13.7 Å². The molecular formula is C14H22O2. The van der Waals surface area contributed by atoms with Gasteiger partial charge in [0.15, 0.2) is 0 Å². The second kappa shape index (κ2) is 8.17. The fourth-order valence-corrected chi connectivity index (χ4v) is 1.51. The molecule has 2 nitrogen and oxygen atoms in total. The SMILES string of the molecule is CCCCOc1ccc(CCCOC)cc1. The van der Waals surface area contributed by atoms with Gasteiger partial charge in [-0.1, -0.05) is 25.5 Å². The van der Waals surface area contributed by atoms with Crippen LogP contribution in [0.5, 0.6) is 5.75 Å². The van der Waals surface area contributed by atoms with E-state index in [9.17, 15) is 0 Å². The van der Waals surface area contributed by atoms with Gasteiger partial charge < -0.3 is 9.47 Å². The Labute approximate surface area is 98.6 Å². The monoisotopic (exact) mass is 222 g/mol. The van der Waals surface area contributed by atoms with Crippen LogP contribution in [0.3, 0.4) is 0 Å². The van der Waals surface area contributed by atoms with Crippen LogP contribution in [0.25, 0.3) is 0 Å². The second-order valence-corrected chi connectivity index (χ2v) is 3.94. The minimum absolute atomic E-state index is 0.819. The van der Waals surface area contributed by atoms with E-state index in [4.69, 9.17) is 9.47 Å². The summed E-state index contributed by atoms with van der Waals surface area (Å²) in [5, 5.41) is 0. The fourth-order valence-electron chi connectivity index (χ4n) is 1.51. The molecule has 0 amide bonds. The summed E-state index contributed by atoms with van der Waals surface area (Å²) < 4.78 is 10.6. The highest BCUT2D eigenvalue weighted by atomic mass is 16.5. The average Bonchev–Trinajstić information content (AvgIpc) is 2.32. The number of unbranched alkanes of at least 4 members (excludes halogenated alkanes) is 1. The van der Waals surface area contributed by atoms with E-state index in [-0.39, 0.29) is 0 Å². The lowest BCUT2D eigenvalue weighted by atomic mass is 10.1. The topological polar surface area (TPSA) is 18.5 Å². The molecule has 90 valence electrons. The maximum atomic E-state index is 5.60. The highest BCUT2D eigenvalue weighted by Crippen LogP contribution is 2.13. The molecule has 1 aromatic rings. The van der Waals surface area contributed by atoms with Gasteiger partial charge in [0.1, 0.15) is 5.75 Å². The van der Waals surface area contributed by atoms with Crippen LogP contribution in [-0.2, 0) is 11.2 Å². The van der Waals surface area contributed by atoms with Gasteiger partial charge in [-0.25, -0.2) is 0 Å². The molecule has 1 rings (SSSR count). The number of ether oxygens (including phenoxy) is 2. The maximum absolute atomic E-state index is 5.60. The summed E-state index contributed by atoms with van der Waals surface area (Å²) in [4.78, 5) is 0. The normalized spacial score (nSPS) is 10.4. The average molecular weight is 222 g/mol. The van der Waals surface area contributed by atoms with E-state index in [1.165, 1.54) is 12.0 Å². The second-order valence-electron chi connectivity index (χ2n) is 3.94. The molecule has 0 heterocycles. The molecule has 0 radical (unpaired) electrons. The van der Waals surface area contributed by atoms with Crippen molar-refractivity contribution in [2.45, 2.75) is 32.6 Å². The van der Waals surface area contributed by atoms with Crippen LogP contribution >= 0.6 is 0 Å². The summed E-state index contributed by atoms with van der Waals surface area (Å²) in [6, 6.07) is 8.38. The van der Waals surface area contributed by atoms with Crippen LogP contribution in [0.1, 0.15) is 31.7 Å². The molecule has 0 saturated heterocycles. The third kappa shape index (κ3) is 5.17. The standard InChI is InChI=1S/C14H22O2/c1-3-4-12-16-14-9-7-13(8-10-14)6-5-11-15-2/h7-10H,3-6,11-12H2,1-2H3. The van der Waals surface area contributed by atoms with Crippen LogP contribution < -0.4 is 4.74 Å². The van der Waals surface area contributed by atoms with Crippen molar-refractivity contribution in [3.05, 3.63) is 29.8 Å². The Balaban J connectivity index is 2.30. The van der Waals surface area contributed by atoms with Gasteiger partial charge in [-0.05, 0) is 37.0 Å². The molecule has 0 N–H and O–H groups in total. The van der Waals surface area contributed by atoms with E-state index in [0.717, 1.165) is 38.2 Å². The van der Waals surface area contributed by atoms with Crippen LogP contribution in [0, 0.1) is 0 Å². The zero-order chi connectivity index (χ0) is 11.6. The van der Waals surface area contributed by atoms with Crippen LogP contribution in [0.2, 0.25) is 0 Å². The zero-order valence-corrected chi connectivity index (χ0v) is 10.4. The molecule has 0 unspecified atom stereocenters. The third-order valence-corrected chi connectivity index (χ3v) is 2.50. The van der Waals surface area contributed by atoms with Gasteiger partial charge in [-0.3, -0.25) is 0 Å². The van der Waals surface area contributed by atoms with Crippen molar-refractivity contribution in [1.82, 2.24) is 0 Å². The van der Waals surface area contributed by atoms with E-state index in [0.29, 0.717) is 0 Å². The van der Waals surface area contributed by atoms with E-state index in [1.807, 2.05) is 0 Å². The summed E-state index contributed by atoms with van der Waals surface area (Å²) in [7, 11) is 1.74. The molecule has 2 heteroatoms. The molecule has 1 aromatic carbocycles. The summed E-state index contributed by atoms with van der Waals surface area (Å²) in [6.07, 6.45) is 4.44. The third-order valence-electron chi connectivity index (χ3n) is 2.50. The van der Waals surface area contributed by atoms with Crippen molar-refractivity contribution in [1.29, 1.82) is 0 Å². The lowest BCUT2D eigenvalue weighted by Gasteiger charge is -2.06. The van der Waals surface area contributed by atoms with E-state index < -0.39 is 0 Å². The minimum Gasteiger partial charge on any atom is -0.494 e. The summed E-state index contributed by atoms with van der Waals surface area (Å²) >= 11 is 0. The van der Waals surface area contributed by atoms with Gasteiger partial charge >= 0.3 is 0 Å². The van der Waals surface area contributed by atoms with Crippen molar-refractivity contribution in [3.8, 4) is 5.75 Å². The largest absolute Gasteiger partial charge is 0.494 e. The quantitative estimate of drug-likeness (QED) is 0.627. The first-order chi connectivity index (χ1) is 7.86. The predicted molar refractivity (Wildman–Crippen MR) is 67.0 cm³/mol. The van der Waals surface area contributed by atoms with Gasteiger partial charge in [0.2, 0.25) is 0 Å². The molecule has 0 spiro atoms. The van der Waals surface area contributed by atoms with E-state index in [1.54, 1.807) is 7.11 Å². The first-order valence-corrected chi connectivity index (χ1v) is 6.07. The molecule has 0 atom stereocenters. The van der Waals surface area contributed by atoms with Crippen molar-refractivity contribution in [3.63, 3.8) is 0 Å². The summed E-state index contributed by atoms with van der Waals surface area (Å²) in [5.41, 5.74) is 1.35. The number of benzene rings is 1. The maximum Gasteiger partial charge on any atom is 0.119 e. The van der Waals surface area contributed by atoms with Gasteiger partial charge in [-0.15, -0.1) is 0 Å². The highest BCUT2D eigenvalue weighted by Gasteiger charge is 1.95. The predicted octanol–water partition coefficient (Wildman–Crippen LogP) is 3.44. The molecular weight excluding hydrogens is 200 g/mol. The van der Waals surface area contributed by atoms with Crippen LogP contribution in [0.15, 0.2) is 24.3 Å². The Kier molecular flexibility index (Phi) is 6.66. The van der Waals surface area contributed by atoms with Crippen molar-refractivity contribution < 1.29 is 9.47 Å². The molecule has 0 fully saturated rings. The first-order valence-electron chi connectivity index (χ1n) is 6.07. The van der Waals surface area contributed by atoms with Gasteiger partial charge in [0.05, 0.1) is 6.61 Å². The lowest BCUT2D eigenvalue weighted by molar-refractivity contribution is 0.195. The Hall–Kier alpha value is -1.02. The Bertz CT molecular complexity index is 238. The van der Waals surface area contributed by atoms with Gasteiger partial charge in [-0.2, -0.15) is 0 Å². The van der Waals surface area contributed by atoms with Crippen LogP contribution in [0.4, 0.5) is 0 Å². The van der Waals surface area contributed by atoms with E-state index >= 15 is 0 Å². The first kappa shape index (κ1) is 13.0. The number of aryl methyl sites for hydroxylation is 1. The van der Waals surface area contributed by atoms with Crippen LogP contribution in [-0.4, -0.2) is 20.3 Å². The Morgan fingerprint density at radius 3 is 2.38 bits per heavy atom. The molecule has 0 bridgehead atoms. The minimum atomic E-state index is 0.819. The molecule has 0 aliphatic carbocycles. The molecule has 16 heavy (non-hydrogen) atoms. The summed E-state index contributed by atoms with van der Waals surface area (Å²) in [6.45, 7) is 3.82. The molecule has 0 aliphatic heterocycles. The van der Waals surface area contributed by atoms with E-state index in [2.05, 4.69) is 31.2 Å². The number of methoxy groups -OCH3 is 1. The fraction of sp³-hybridized carbons (Fsp3) is 0.571. The van der Waals surface area contributed by atoms with Crippen molar-refractivity contribution in [2.24, 2.45) is 0 Å². The van der Waals surface area contributed by atoms with Crippen molar-refractivity contribution in [2.75, 3.05) is 20.3 Å². The van der Waals surface area contributed by atoms with Crippen molar-refractivity contribution >= 4 is 0 Å².